The Kier molecular flexibility index (Phi) is 4.89. The third-order valence-electron chi connectivity index (χ3n) is 3.34. The highest BCUT2D eigenvalue weighted by Crippen LogP contribution is 2.30. The molecule has 100 valence electrons. The summed E-state index contributed by atoms with van der Waals surface area (Å²) in [5.74, 6) is 1.15. The number of carbonyl (C=O) groups excluding carboxylic acids is 1. The van der Waals surface area contributed by atoms with Crippen LogP contribution in [-0.2, 0) is 4.79 Å². The van der Waals surface area contributed by atoms with Crippen molar-refractivity contribution >= 4 is 17.7 Å². The topological polar surface area (TPSA) is 32.3 Å². The Morgan fingerprint density at radius 2 is 2.17 bits per heavy atom. The van der Waals surface area contributed by atoms with Crippen molar-refractivity contribution in [1.82, 2.24) is 10.2 Å². The number of fused-ring (bicyclic) bond motifs is 1. The molecule has 0 spiro atoms. The molecule has 1 aliphatic carbocycles. The van der Waals surface area contributed by atoms with Crippen LogP contribution in [-0.4, -0.2) is 41.1 Å². The van der Waals surface area contributed by atoms with Crippen LogP contribution in [0.5, 0.6) is 0 Å². The molecule has 0 aromatic rings. The second kappa shape index (κ2) is 6.43. The smallest absolute Gasteiger partial charge is 0.251 e. The molecule has 1 aliphatic heterocycles. The van der Waals surface area contributed by atoms with E-state index in [9.17, 15) is 4.79 Å². The lowest BCUT2D eigenvalue weighted by atomic mass is 9.97. The van der Waals surface area contributed by atoms with E-state index in [2.05, 4.69) is 25.2 Å². The molecule has 2 aliphatic rings. The normalized spacial score (nSPS) is 25.8. The first-order chi connectivity index (χ1) is 8.77. The molecule has 0 bridgehead atoms. The van der Waals surface area contributed by atoms with Crippen LogP contribution in [0.15, 0.2) is 23.8 Å². The van der Waals surface area contributed by atoms with Gasteiger partial charge in [0.05, 0.1) is 6.04 Å². The Morgan fingerprint density at radius 3 is 2.83 bits per heavy atom. The van der Waals surface area contributed by atoms with E-state index in [0.717, 1.165) is 37.4 Å². The molecule has 1 heterocycles. The minimum absolute atomic E-state index is 0.212. The van der Waals surface area contributed by atoms with Crippen LogP contribution < -0.4 is 5.32 Å². The molecule has 1 N–H and O–H groups in total. The van der Waals surface area contributed by atoms with Gasteiger partial charge in [-0.2, -0.15) is 0 Å². The molecule has 4 heteroatoms. The average Bonchev–Trinajstić information content (AvgIpc) is 2.85. The summed E-state index contributed by atoms with van der Waals surface area (Å²) in [6.45, 7) is 5.96. The first kappa shape index (κ1) is 13.7. The summed E-state index contributed by atoms with van der Waals surface area (Å²) < 4.78 is 0. The first-order valence-electron chi connectivity index (χ1n) is 6.80. The Bertz CT molecular complexity index is 359. The van der Waals surface area contributed by atoms with Crippen molar-refractivity contribution in [1.29, 1.82) is 0 Å². The van der Waals surface area contributed by atoms with E-state index in [-0.39, 0.29) is 11.9 Å². The van der Waals surface area contributed by atoms with Crippen molar-refractivity contribution in [3.63, 3.8) is 0 Å². The maximum Gasteiger partial charge on any atom is 0.251 e. The van der Waals surface area contributed by atoms with E-state index < -0.39 is 0 Å². The number of thioether (sulfide) groups is 1. The lowest BCUT2D eigenvalue weighted by molar-refractivity contribution is -0.127. The molecule has 0 saturated carbocycles. The van der Waals surface area contributed by atoms with E-state index in [4.69, 9.17) is 0 Å². The SMILES string of the molecule is CCCN(CCC)C(=O)C1=CC=CC2SCNC12. The zero-order valence-electron chi connectivity index (χ0n) is 11.2. The maximum absolute atomic E-state index is 12.6. The van der Waals surface area contributed by atoms with E-state index in [1.165, 1.54) is 0 Å². The zero-order valence-corrected chi connectivity index (χ0v) is 12.0. The fourth-order valence-corrected chi connectivity index (χ4v) is 3.62. The van der Waals surface area contributed by atoms with Crippen LogP contribution in [0.25, 0.3) is 0 Å². The number of carbonyl (C=O) groups is 1. The van der Waals surface area contributed by atoms with Crippen molar-refractivity contribution in [2.24, 2.45) is 0 Å². The molecular formula is C14H22N2OS. The van der Waals surface area contributed by atoms with Gasteiger partial charge in [0.1, 0.15) is 0 Å². The van der Waals surface area contributed by atoms with Crippen LogP contribution >= 0.6 is 11.8 Å². The van der Waals surface area contributed by atoms with Crippen molar-refractivity contribution in [2.75, 3.05) is 19.0 Å². The van der Waals surface area contributed by atoms with Gasteiger partial charge in [-0.05, 0) is 12.8 Å². The molecule has 0 aromatic carbocycles. The number of amides is 1. The fourth-order valence-electron chi connectivity index (χ4n) is 2.51. The Hall–Kier alpha value is -0.740. The summed E-state index contributed by atoms with van der Waals surface area (Å²) in [6.07, 6.45) is 8.25. The molecule has 0 aromatic heterocycles. The lowest BCUT2D eigenvalue weighted by Crippen LogP contribution is -2.42. The number of hydrogen-bond donors (Lipinski definition) is 1. The largest absolute Gasteiger partial charge is 0.339 e. The highest BCUT2D eigenvalue weighted by Gasteiger charge is 2.34. The Morgan fingerprint density at radius 1 is 1.44 bits per heavy atom. The first-order valence-corrected chi connectivity index (χ1v) is 7.85. The molecule has 1 saturated heterocycles. The molecule has 0 radical (unpaired) electrons. The van der Waals surface area contributed by atoms with E-state index in [0.29, 0.717) is 5.25 Å². The molecule has 2 unspecified atom stereocenters. The van der Waals surface area contributed by atoms with Crippen LogP contribution in [0.2, 0.25) is 0 Å². The van der Waals surface area contributed by atoms with Gasteiger partial charge in [-0.3, -0.25) is 10.1 Å². The van der Waals surface area contributed by atoms with Crippen LogP contribution in [0.3, 0.4) is 0 Å². The van der Waals surface area contributed by atoms with Crippen molar-refractivity contribution in [2.45, 2.75) is 38.0 Å². The molecule has 1 fully saturated rings. The second-order valence-corrected chi connectivity index (χ2v) is 5.92. The van der Waals surface area contributed by atoms with Gasteiger partial charge in [-0.1, -0.05) is 32.1 Å². The van der Waals surface area contributed by atoms with E-state index >= 15 is 0 Å². The van der Waals surface area contributed by atoms with Gasteiger partial charge in [0.15, 0.2) is 0 Å². The van der Waals surface area contributed by atoms with Gasteiger partial charge < -0.3 is 4.90 Å². The zero-order chi connectivity index (χ0) is 13.0. The number of allylic oxidation sites excluding steroid dienone is 2. The highest BCUT2D eigenvalue weighted by molar-refractivity contribution is 8.00. The minimum Gasteiger partial charge on any atom is -0.339 e. The van der Waals surface area contributed by atoms with Crippen LogP contribution in [0, 0.1) is 0 Å². The summed E-state index contributed by atoms with van der Waals surface area (Å²) in [4.78, 5) is 14.6. The summed E-state index contributed by atoms with van der Waals surface area (Å²) >= 11 is 1.88. The average molecular weight is 266 g/mol. The standard InChI is InChI=1S/C14H22N2OS/c1-3-8-16(9-4-2)14(17)11-6-5-7-12-13(11)15-10-18-12/h5-7,12-13,15H,3-4,8-10H2,1-2H3. The van der Waals surface area contributed by atoms with Gasteiger partial charge in [-0.15, -0.1) is 11.8 Å². The number of hydrogen-bond acceptors (Lipinski definition) is 3. The molecule has 2 rings (SSSR count). The monoisotopic (exact) mass is 266 g/mol. The molecule has 3 nitrogen and oxygen atoms in total. The Labute approximate surface area is 114 Å². The lowest BCUT2D eigenvalue weighted by Gasteiger charge is -2.28. The summed E-state index contributed by atoms with van der Waals surface area (Å²) in [6, 6.07) is 0.212. The number of nitrogens with one attached hydrogen (secondary N) is 1. The second-order valence-electron chi connectivity index (χ2n) is 4.76. The molecule has 2 atom stereocenters. The van der Waals surface area contributed by atoms with Gasteiger partial charge >= 0.3 is 0 Å². The van der Waals surface area contributed by atoms with Gasteiger partial charge in [0, 0.05) is 29.8 Å². The highest BCUT2D eigenvalue weighted by atomic mass is 32.2. The summed E-state index contributed by atoms with van der Waals surface area (Å²) in [7, 11) is 0. The summed E-state index contributed by atoms with van der Waals surface area (Å²) in [5.41, 5.74) is 0.939. The Balaban J connectivity index is 2.11. The van der Waals surface area contributed by atoms with Crippen molar-refractivity contribution in [3.05, 3.63) is 23.8 Å². The van der Waals surface area contributed by atoms with E-state index in [1.807, 2.05) is 28.8 Å². The third-order valence-corrected chi connectivity index (χ3v) is 4.49. The van der Waals surface area contributed by atoms with Crippen LogP contribution in [0.1, 0.15) is 26.7 Å². The van der Waals surface area contributed by atoms with Gasteiger partial charge in [0.25, 0.3) is 5.91 Å². The third kappa shape index (κ3) is 2.81. The quantitative estimate of drug-likeness (QED) is 0.827. The van der Waals surface area contributed by atoms with Crippen molar-refractivity contribution < 1.29 is 4.79 Å². The van der Waals surface area contributed by atoms with Gasteiger partial charge in [0.2, 0.25) is 0 Å². The van der Waals surface area contributed by atoms with Crippen LogP contribution in [0.4, 0.5) is 0 Å². The van der Waals surface area contributed by atoms with E-state index in [1.54, 1.807) is 0 Å². The predicted molar refractivity (Wildman–Crippen MR) is 77.6 cm³/mol. The number of nitrogens with zero attached hydrogens (tertiary/aromatic N) is 1. The predicted octanol–water partition coefficient (Wildman–Crippen LogP) is 2.16. The maximum atomic E-state index is 12.6. The minimum atomic E-state index is 0.212. The fraction of sp³-hybridized carbons (Fsp3) is 0.643. The number of rotatable bonds is 5. The molecular weight excluding hydrogens is 244 g/mol. The van der Waals surface area contributed by atoms with Gasteiger partial charge in [-0.25, -0.2) is 0 Å². The molecule has 1 amide bonds. The molecule has 18 heavy (non-hydrogen) atoms. The van der Waals surface area contributed by atoms with Crippen molar-refractivity contribution in [3.8, 4) is 0 Å². The summed E-state index contributed by atoms with van der Waals surface area (Å²) in [5, 5.41) is 3.85.